The minimum Gasteiger partial charge on any atom is -0.328 e. The van der Waals surface area contributed by atoms with Crippen LogP contribution in [0.4, 0.5) is 0 Å². The van der Waals surface area contributed by atoms with Crippen LogP contribution in [0.5, 0.6) is 0 Å². The van der Waals surface area contributed by atoms with Crippen molar-refractivity contribution in [3.63, 3.8) is 0 Å². The molecule has 126 valence electrons. The van der Waals surface area contributed by atoms with E-state index in [1.165, 1.54) is 64.2 Å². The molecule has 8 atom stereocenters. The Morgan fingerprint density at radius 3 is 2.36 bits per heavy atom. The number of hydrogen-bond acceptors (Lipinski definition) is 1. The predicted molar refractivity (Wildman–Crippen MR) is 93.5 cm³/mol. The molecule has 0 aromatic heterocycles. The SMILES string of the molecule is CC[C@H]1CC[C@H]2[C@@H]3CCC4CC(N)CC[C@]4(C)[C@H]3CC[C@]12C. The van der Waals surface area contributed by atoms with Crippen molar-refractivity contribution < 1.29 is 0 Å². The zero-order valence-corrected chi connectivity index (χ0v) is 15.1. The first-order chi connectivity index (χ1) is 10.5. The van der Waals surface area contributed by atoms with Crippen molar-refractivity contribution >= 4 is 0 Å². The summed E-state index contributed by atoms with van der Waals surface area (Å²) < 4.78 is 0. The molecule has 0 heterocycles. The first kappa shape index (κ1) is 15.5. The van der Waals surface area contributed by atoms with Crippen LogP contribution in [-0.4, -0.2) is 6.04 Å². The highest BCUT2D eigenvalue weighted by molar-refractivity contribution is 5.09. The van der Waals surface area contributed by atoms with Gasteiger partial charge in [-0.25, -0.2) is 0 Å². The lowest BCUT2D eigenvalue weighted by Crippen LogP contribution is -2.54. The minimum absolute atomic E-state index is 0.499. The molecular formula is C21H37N. The maximum atomic E-state index is 6.31. The molecule has 22 heavy (non-hydrogen) atoms. The molecule has 1 heteroatoms. The lowest BCUT2D eigenvalue weighted by Gasteiger charge is -2.61. The molecule has 0 aliphatic heterocycles. The summed E-state index contributed by atoms with van der Waals surface area (Å²) in [6.07, 6.45) is 14.5. The Kier molecular flexibility index (Phi) is 3.68. The highest BCUT2D eigenvalue weighted by Gasteiger charge is 2.59. The van der Waals surface area contributed by atoms with Crippen LogP contribution in [0.1, 0.15) is 85.0 Å². The summed E-state index contributed by atoms with van der Waals surface area (Å²) in [6, 6.07) is 0.499. The van der Waals surface area contributed by atoms with Gasteiger partial charge in [0.25, 0.3) is 0 Å². The predicted octanol–water partition coefficient (Wildman–Crippen LogP) is 5.38. The van der Waals surface area contributed by atoms with Gasteiger partial charge in [-0.2, -0.15) is 0 Å². The van der Waals surface area contributed by atoms with Gasteiger partial charge in [0.15, 0.2) is 0 Å². The summed E-state index contributed by atoms with van der Waals surface area (Å²) in [4.78, 5) is 0. The first-order valence-electron chi connectivity index (χ1n) is 10.2. The fourth-order valence-corrected chi connectivity index (χ4v) is 8.07. The van der Waals surface area contributed by atoms with Crippen molar-refractivity contribution in [3.05, 3.63) is 0 Å². The average Bonchev–Trinajstić information content (AvgIpc) is 2.84. The summed E-state index contributed by atoms with van der Waals surface area (Å²) in [5.74, 6) is 5.07. The Morgan fingerprint density at radius 1 is 0.864 bits per heavy atom. The van der Waals surface area contributed by atoms with Crippen LogP contribution in [0.25, 0.3) is 0 Å². The van der Waals surface area contributed by atoms with Gasteiger partial charge >= 0.3 is 0 Å². The van der Waals surface area contributed by atoms with Gasteiger partial charge < -0.3 is 5.73 Å². The second-order valence-corrected chi connectivity index (χ2v) is 9.92. The van der Waals surface area contributed by atoms with Crippen LogP contribution in [0.3, 0.4) is 0 Å². The summed E-state index contributed by atoms with van der Waals surface area (Å²) in [6.45, 7) is 7.76. The molecule has 0 aromatic carbocycles. The van der Waals surface area contributed by atoms with Gasteiger partial charge in [0, 0.05) is 6.04 Å². The Morgan fingerprint density at radius 2 is 1.59 bits per heavy atom. The number of nitrogens with two attached hydrogens (primary N) is 1. The molecular weight excluding hydrogens is 266 g/mol. The lowest BCUT2D eigenvalue weighted by atomic mass is 9.44. The van der Waals surface area contributed by atoms with Crippen molar-refractivity contribution in [1.82, 2.24) is 0 Å². The zero-order valence-electron chi connectivity index (χ0n) is 15.1. The van der Waals surface area contributed by atoms with Gasteiger partial charge in [0.05, 0.1) is 0 Å². The fraction of sp³-hybridized carbons (Fsp3) is 1.00. The van der Waals surface area contributed by atoms with Crippen LogP contribution in [0.2, 0.25) is 0 Å². The van der Waals surface area contributed by atoms with Crippen LogP contribution >= 0.6 is 0 Å². The fourth-order valence-electron chi connectivity index (χ4n) is 8.07. The second kappa shape index (κ2) is 5.23. The van der Waals surface area contributed by atoms with Gasteiger partial charge in [-0.15, -0.1) is 0 Å². The molecule has 2 N–H and O–H groups in total. The minimum atomic E-state index is 0.499. The third-order valence-corrected chi connectivity index (χ3v) is 9.40. The normalized spacial score (nSPS) is 57.8. The highest BCUT2D eigenvalue weighted by Crippen LogP contribution is 2.67. The molecule has 4 aliphatic carbocycles. The monoisotopic (exact) mass is 303 g/mol. The third kappa shape index (κ3) is 2.00. The van der Waals surface area contributed by atoms with E-state index in [9.17, 15) is 0 Å². The molecule has 0 saturated heterocycles. The van der Waals surface area contributed by atoms with Gasteiger partial charge in [-0.3, -0.25) is 0 Å². The third-order valence-electron chi connectivity index (χ3n) is 9.40. The molecule has 0 amide bonds. The van der Waals surface area contributed by atoms with Crippen LogP contribution < -0.4 is 5.73 Å². The molecule has 4 rings (SSSR count). The van der Waals surface area contributed by atoms with Gasteiger partial charge in [-0.1, -0.05) is 27.2 Å². The van der Waals surface area contributed by atoms with Gasteiger partial charge in [0.1, 0.15) is 0 Å². The Hall–Kier alpha value is -0.0400. The first-order valence-corrected chi connectivity index (χ1v) is 10.2. The average molecular weight is 304 g/mol. The molecule has 1 nitrogen and oxygen atoms in total. The van der Waals surface area contributed by atoms with E-state index in [1.807, 2.05) is 0 Å². The van der Waals surface area contributed by atoms with E-state index in [2.05, 4.69) is 20.8 Å². The molecule has 0 radical (unpaired) electrons. The van der Waals surface area contributed by atoms with Crippen molar-refractivity contribution in [2.45, 2.75) is 91.0 Å². The Labute approximate surface area is 137 Å². The smallest absolute Gasteiger partial charge is 0.00418 e. The van der Waals surface area contributed by atoms with Crippen LogP contribution in [0.15, 0.2) is 0 Å². The summed E-state index contributed by atoms with van der Waals surface area (Å²) >= 11 is 0. The zero-order chi connectivity index (χ0) is 15.5. The van der Waals surface area contributed by atoms with Crippen molar-refractivity contribution in [1.29, 1.82) is 0 Å². The standard InChI is InChI=1S/C21H37N/c1-4-14-6-8-18-17-7-5-15-13-16(22)9-11-21(15,3)19(17)10-12-20(14,18)2/h14-19H,4-13,22H2,1-3H3/t14-,15?,16?,17-,18-,19-,20+,21-/m0/s1. The lowest BCUT2D eigenvalue weighted by molar-refractivity contribution is -0.113. The summed E-state index contributed by atoms with van der Waals surface area (Å²) in [5, 5.41) is 0. The van der Waals surface area contributed by atoms with Crippen LogP contribution in [0, 0.1) is 40.4 Å². The van der Waals surface area contributed by atoms with E-state index in [-0.39, 0.29) is 0 Å². The molecule has 4 fully saturated rings. The maximum Gasteiger partial charge on any atom is 0.00418 e. The van der Waals surface area contributed by atoms with E-state index in [4.69, 9.17) is 5.73 Å². The van der Waals surface area contributed by atoms with E-state index in [0.29, 0.717) is 16.9 Å². The Bertz CT molecular complexity index is 432. The Balaban J connectivity index is 1.61. The molecule has 0 aromatic rings. The van der Waals surface area contributed by atoms with E-state index in [0.717, 1.165) is 29.6 Å². The quantitative estimate of drug-likeness (QED) is 0.691. The summed E-state index contributed by atoms with van der Waals surface area (Å²) in [5.41, 5.74) is 7.63. The van der Waals surface area contributed by atoms with E-state index in [1.54, 1.807) is 0 Å². The van der Waals surface area contributed by atoms with Crippen molar-refractivity contribution in [2.75, 3.05) is 0 Å². The number of fused-ring (bicyclic) bond motifs is 5. The number of hydrogen-bond donors (Lipinski definition) is 1. The molecule has 4 saturated carbocycles. The van der Waals surface area contributed by atoms with Gasteiger partial charge in [0.2, 0.25) is 0 Å². The number of rotatable bonds is 1. The topological polar surface area (TPSA) is 26.0 Å². The second-order valence-electron chi connectivity index (χ2n) is 9.92. The van der Waals surface area contributed by atoms with Crippen LogP contribution in [-0.2, 0) is 0 Å². The van der Waals surface area contributed by atoms with Crippen molar-refractivity contribution in [3.8, 4) is 0 Å². The summed E-state index contributed by atoms with van der Waals surface area (Å²) in [7, 11) is 0. The van der Waals surface area contributed by atoms with E-state index < -0.39 is 0 Å². The molecule has 0 spiro atoms. The van der Waals surface area contributed by atoms with Gasteiger partial charge in [-0.05, 0) is 98.2 Å². The maximum absolute atomic E-state index is 6.31. The van der Waals surface area contributed by atoms with E-state index >= 15 is 0 Å². The largest absolute Gasteiger partial charge is 0.328 e. The van der Waals surface area contributed by atoms with Crippen molar-refractivity contribution in [2.24, 2.45) is 46.2 Å². The highest BCUT2D eigenvalue weighted by atomic mass is 14.7. The molecule has 2 unspecified atom stereocenters. The molecule has 0 bridgehead atoms. The molecule has 4 aliphatic rings.